The summed E-state index contributed by atoms with van der Waals surface area (Å²) in [4.78, 5) is 29.3. The second-order valence-corrected chi connectivity index (χ2v) is 5.52. The van der Waals surface area contributed by atoms with E-state index in [4.69, 9.17) is 0 Å². The largest absolute Gasteiger partial charge is 0.363 e. The molecule has 6 heteroatoms. The molecule has 0 aliphatic heterocycles. The zero-order valence-electron chi connectivity index (χ0n) is 12.6. The lowest BCUT2D eigenvalue weighted by molar-refractivity contribution is -0.122. The number of hydrogen-bond acceptors (Lipinski definition) is 4. The number of amides is 2. The first-order chi connectivity index (χ1) is 10.1. The summed E-state index contributed by atoms with van der Waals surface area (Å²) in [5.41, 5.74) is 0.688. The van der Waals surface area contributed by atoms with Gasteiger partial charge in [0.2, 0.25) is 11.8 Å². The number of anilines is 2. The quantitative estimate of drug-likeness (QED) is 0.744. The van der Waals surface area contributed by atoms with E-state index in [1.807, 2.05) is 31.1 Å². The number of pyridine rings is 1. The van der Waals surface area contributed by atoms with E-state index in [2.05, 4.69) is 15.6 Å². The molecule has 2 rings (SSSR count). The first-order valence-electron chi connectivity index (χ1n) is 7.27. The van der Waals surface area contributed by atoms with Gasteiger partial charge in [-0.05, 0) is 31.4 Å². The average Bonchev–Trinajstić information content (AvgIpc) is 3.28. The van der Waals surface area contributed by atoms with Crippen molar-refractivity contribution in [3.63, 3.8) is 0 Å². The molecule has 1 aromatic rings. The Hall–Kier alpha value is -2.11. The first-order valence-corrected chi connectivity index (χ1v) is 7.27. The Bertz CT molecular complexity index is 495. The van der Waals surface area contributed by atoms with Gasteiger partial charge in [-0.15, -0.1) is 0 Å². The Balaban J connectivity index is 1.65. The summed E-state index contributed by atoms with van der Waals surface area (Å²) < 4.78 is 0. The molecule has 1 heterocycles. The highest BCUT2D eigenvalue weighted by Crippen LogP contribution is 2.28. The predicted molar refractivity (Wildman–Crippen MR) is 82.2 cm³/mol. The zero-order valence-corrected chi connectivity index (χ0v) is 12.6. The first kappa shape index (κ1) is 15.3. The van der Waals surface area contributed by atoms with Crippen molar-refractivity contribution in [2.24, 2.45) is 5.92 Å². The Labute approximate surface area is 124 Å². The van der Waals surface area contributed by atoms with Gasteiger partial charge in [0.15, 0.2) is 0 Å². The van der Waals surface area contributed by atoms with Gasteiger partial charge in [0.05, 0.1) is 11.9 Å². The molecule has 21 heavy (non-hydrogen) atoms. The van der Waals surface area contributed by atoms with Gasteiger partial charge >= 0.3 is 0 Å². The second-order valence-electron chi connectivity index (χ2n) is 5.52. The van der Waals surface area contributed by atoms with E-state index in [9.17, 15) is 9.59 Å². The summed E-state index contributed by atoms with van der Waals surface area (Å²) >= 11 is 0. The predicted octanol–water partition coefficient (Wildman–Crippen LogP) is 1.39. The van der Waals surface area contributed by atoms with Crippen molar-refractivity contribution < 1.29 is 9.59 Å². The van der Waals surface area contributed by atoms with Gasteiger partial charge in [-0.25, -0.2) is 4.98 Å². The van der Waals surface area contributed by atoms with E-state index in [0.717, 1.165) is 18.7 Å². The Morgan fingerprint density at radius 2 is 2.10 bits per heavy atom. The van der Waals surface area contributed by atoms with Crippen LogP contribution in [-0.2, 0) is 9.59 Å². The van der Waals surface area contributed by atoms with E-state index >= 15 is 0 Å². The summed E-state index contributed by atoms with van der Waals surface area (Å²) in [6, 6.07) is 3.68. The maximum Gasteiger partial charge on any atom is 0.224 e. The fourth-order valence-corrected chi connectivity index (χ4v) is 1.90. The zero-order chi connectivity index (χ0) is 15.2. The van der Waals surface area contributed by atoms with E-state index in [0.29, 0.717) is 25.1 Å². The lowest BCUT2D eigenvalue weighted by Crippen LogP contribution is -2.26. The third kappa shape index (κ3) is 5.06. The molecule has 6 nitrogen and oxygen atoms in total. The fraction of sp³-hybridized carbons (Fsp3) is 0.533. The normalized spacial score (nSPS) is 13.6. The highest BCUT2D eigenvalue weighted by atomic mass is 16.2. The van der Waals surface area contributed by atoms with Crippen LogP contribution >= 0.6 is 0 Å². The van der Waals surface area contributed by atoms with Crippen molar-refractivity contribution in [3.8, 4) is 0 Å². The highest BCUT2D eigenvalue weighted by molar-refractivity contribution is 5.90. The molecule has 0 unspecified atom stereocenters. The number of hydrogen-bond donors (Lipinski definition) is 2. The SMILES string of the molecule is CN(C)c1ccc(NC(=O)CCCNC(=O)C2CC2)cn1. The topological polar surface area (TPSA) is 74.3 Å². The van der Waals surface area contributed by atoms with Crippen LogP contribution in [0.25, 0.3) is 0 Å². The van der Waals surface area contributed by atoms with Gasteiger partial charge in [0.25, 0.3) is 0 Å². The summed E-state index contributed by atoms with van der Waals surface area (Å²) in [6.07, 6.45) is 4.68. The summed E-state index contributed by atoms with van der Waals surface area (Å²) in [5, 5.41) is 5.65. The molecule has 114 valence electrons. The molecule has 0 bridgehead atoms. The fourth-order valence-electron chi connectivity index (χ4n) is 1.90. The molecule has 1 aliphatic rings. The molecule has 1 fully saturated rings. The molecule has 2 amide bonds. The minimum Gasteiger partial charge on any atom is -0.363 e. The van der Waals surface area contributed by atoms with Crippen LogP contribution in [0.5, 0.6) is 0 Å². The molecular weight excluding hydrogens is 268 g/mol. The minimum absolute atomic E-state index is 0.0601. The third-order valence-corrected chi connectivity index (χ3v) is 3.32. The number of carbonyl (C=O) groups is 2. The van der Waals surface area contributed by atoms with Gasteiger partial charge in [-0.1, -0.05) is 0 Å². The summed E-state index contributed by atoms with van der Waals surface area (Å²) in [6.45, 7) is 0.556. The van der Waals surface area contributed by atoms with Crippen LogP contribution in [0.3, 0.4) is 0 Å². The molecule has 0 radical (unpaired) electrons. The second kappa shape index (κ2) is 7.06. The van der Waals surface area contributed by atoms with E-state index in [1.54, 1.807) is 6.20 Å². The Kier molecular flexibility index (Phi) is 5.14. The molecule has 2 N–H and O–H groups in total. The Morgan fingerprint density at radius 1 is 1.33 bits per heavy atom. The van der Waals surface area contributed by atoms with Crippen molar-refractivity contribution >= 4 is 23.3 Å². The third-order valence-electron chi connectivity index (χ3n) is 3.32. The van der Waals surface area contributed by atoms with Gasteiger partial charge < -0.3 is 15.5 Å². The molecular formula is C15H22N4O2. The number of nitrogens with one attached hydrogen (secondary N) is 2. The van der Waals surface area contributed by atoms with Crippen molar-refractivity contribution in [1.29, 1.82) is 0 Å². The standard InChI is InChI=1S/C15H22N4O2/c1-19(2)13-8-7-12(10-17-13)18-14(20)4-3-9-16-15(21)11-5-6-11/h7-8,10-11H,3-6,9H2,1-2H3,(H,16,21)(H,18,20). The van der Waals surface area contributed by atoms with Crippen molar-refractivity contribution in [3.05, 3.63) is 18.3 Å². The molecule has 1 aromatic heterocycles. The van der Waals surface area contributed by atoms with Crippen LogP contribution in [0.1, 0.15) is 25.7 Å². The van der Waals surface area contributed by atoms with Gasteiger partial charge in [0.1, 0.15) is 5.82 Å². The maximum atomic E-state index is 11.8. The van der Waals surface area contributed by atoms with Crippen LogP contribution in [0.15, 0.2) is 18.3 Å². The van der Waals surface area contributed by atoms with Gasteiger partial charge in [-0.3, -0.25) is 9.59 Å². The molecule has 0 saturated heterocycles. The van der Waals surface area contributed by atoms with E-state index in [-0.39, 0.29) is 17.7 Å². The highest BCUT2D eigenvalue weighted by Gasteiger charge is 2.28. The van der Waals surface area contributed by atoms with Crippen LogP contribution in [0.2, 0.25) is 0 Å². The molecule has 1 saturated carbocycles. The van der Waals surface area contributed by atoms with Crippen LogP contribution < -0.4 is 15.5 Å². The van der Waals surface area contributed by atoms with Gasteiger partial charge in [0, 0.05) is 33.0 Å². The lowest BCUT2D eigenvalue weighted by atomic mass is 10.2. The number of rotatable bonds is 7. The smallest absolute Gasteiger partial charge is 0.224 e. The van der Waals surface area contributed by atoms with Gasteiger partial charge in [-0.2, -0.15) is 0 Å². The lowest BCUT2D eigenvalue weighted by Gasteiger charge is -2.11. The van der Waals surface area contributed by atoms with Crippen molar-refractivity contribution in [2.45, 2.75) is 25.7 Å². The molecule has 0 aromatic carbocycles. The molecule has 0 atom stereocenters. The average molecular weight is 290 g/mol. The van der Waals surface area contributed by atoms with Crippen molar-refractivity contribution in [2.75, 3.05) is 30.9 Å². The number of carbonyl (C=O) groups excluding carboxylic acids is 2. The molecule has 0 spiro atoms. The number of aromatic nitrogens is 1. The monoisotopic (exact) mass is 290 g/mol. The van der Waals surface area contributed by atoms with Crippen LogP contribution in [0.4, 0.5) is 11.5 Å². The maximum absolute atomic E-state index is 11.8. The summed E-state index contributed by atoms with van der Waals surface area (Å²) in [5.74, 6) is 1.13. The molecule has 1 aliphatic carbocycles. The van der Waals surface area contributed by atoms with E-state index < -0.39 is 0 Å². The van der Waals surface area contributed by atoms with Crippen LogP contribution in [0, 0.1) is 5.92 Å². The van der Waals surface area contributed by atoms with Crippen molar-refractivity contribution in [1.82, 2.24) is 10.3 Å². The number of nitrogens with zero attached hydrogens (tertiary/aromatic N) is 2. The minimum atomic E-state index is -0.0601. The summed E-state index contributed by atoms with van der Waals surface area (Å²) in [7, 11) is 3.83. The Morgan fingerprint density at radius 3 is 2.67 bits per heavy atom. The van der Waals surface area contributed by atoms with E-state index in [1.165, 1.54) is 0 Å². The van der Waals surface area contributed by atoms with Crippen LogP contribution in [-0.4, -0.2) is 37.4 Å².